The summed E-state index contributed by atoms with van der Waals surface area (Å²) >= 11 is 0. The zero-order chi connectivity index (χ0) is 17.3. The highest BCUT2D eigenvalue weighted by Gasteiger charge is 2.31. The minimum absolute atomic E-state index is 0.381. The molecule has 0 aliphatic heterocycles. The fourth-order valence-electron chi connectivity index (χ4n) is 3.61. The smallest absolute Gasteiger partial charge is 0.312 e. The molecule has 1 aromatic carbocycles. The van der Waals surface area contributed by atoms with Crippen LogP contribution < -0.4 is 4.74 Å². The van der Waals surface area contributed by atoms with Gasteiger partial charge in [0.1, 0.15) is 17.1 Å². The number of carboxylic acids is 1. The predicted octanol–water partition coefficient (Wildman–Crippen LogP) is 3.56. The lowest BCUT2D eigenvalue weighted by Gasteiger charge is -2.16. The first-order valence-corrected chi connectivity index (χ1v) is 8.25. The number of H-pyrrole nitrogens is 1. The number of ether oxygens (including phenoxy) is 1. The Morgan fingerprint density at radius 1 is 1.46 bits per heavy atom. The third-order valence-electron chi connectivity index (χ3n) is 4.92. The van der Waals surface area contributed by atoms with Crippen LogP contribution in [0.5, 0.6) is 5.75 Å². The number of nitrogens with one attached hydrogen (secondary N) is 1. The van der Waals surface area contributed by atoms with Crippen molar-refractivity contribution >= 4 is 17.0 Å². The van der Waals surface area contributed by atoms with E-state index in [1.807, 2.05) is 0 Å². The van der Waals surface area contributed by atoms with E-state index in [4.69, 9.17) is 9.72 Å². The first-order valence-electron chi connectivity index (χ1n) is 8.25. The third-order valence-corrected chi connectivity index (χ3v) is 4.92. The van der Waals surface area contributed by atoms with E-state index in [1.165, 1.54) is 12.8 Å². The van der Waals surface area contributed by atoms with Crippen LogP contribution in [0, 0.1) is 17.2 Å². The second-order valence-electron chi connectivity index (χ2n) is 6.42. The van der Waals surface area contributed by atoms with Crippen molar-refractivity contribution in [2.45, 2.75) is 44.4 Å². The van der Waals surface area contributed by atoms with Crippen LogP contribution in [0.1, 0.15) is 55.8 Å². The number of carboxylic acid groups (broad SMARTS) is 1. The molecule has 0 radical (unpaired) electrons. The van der Waals surface area contributed by atoms with Crippen LogP contribution in [0.3, 0.4) is 0 Å². The summed E-state index contributed by atoms with van der Waals surface area (Å²) in [4.78, 5) is 19.8. The van der Waals surface area contributed by atoms with Crippen LogP contribution >= 0.6 is 0 Å². The summed E-state index contributed by atoms with van der Waals surface area (Å²) in [5.41, 5.74) is 1.91. The monoisotopic (exact) mass is 327 g/mol. The topological polar surface area (TPSA) is 99.0 Å². The molecule has 0 amide bonds. The van der Waals surface area contributed by atoms with Crippen molar-refractivity contribution in [3.63, 3.8) is 0 Å². The van der Waals surface area contributed by atoms with E-state index in [2.05, 4.69) is 11.1 Å². The lowest BCUT2D eigenvalue weighted by Crippen LogP contribution is -2.19. The molecule has 1 aliphatic rings. The molecule has 1 saturated carbocycles. The largest absolute Gasteiger partial charge is 0.494 e. The van der Waals surface area contributed by atoms with Gasteiger partial charge in [0, 0.05) is 5.92 Å². The second kappa shape index (κ2) is 6.52. The number of hydrogen-bond donors (Lipinski definition) is 2. The van der Waals surface area contributed by atoms with E-state index >= 15 is 0 Å². The van der Waals surface area contributed by atoms with Gasteiger partial charge in [-0.05, 0) is 31.4 Å². The number of fused-ring (bicyclic) bond motifs is 1. The average Bonchev–Trinajstić information content (AvgIpc) is 3.23. The molecule has 0 saturated heterocycles. The Morgan fingerprint density at radius 2 is 2.17 bits per heavy atom. The number of rotatable bonds is 5. The SMILES string of the molecule is COc1ccc(C(C(=O)O)C(C)C#N)c2[nH]c(C3CCCC3)nc12. The zero-order valence-corrected chi connectivity index (χ0v) is 13.9. The quantitative estimate of drug-likeness (QED) is 0.875. The summed E-state index contributed by atoms with van der Waals surface area (Å²) in [6, 6.07) is 5.51. The van der Waals surface area contributed by atoms with Crippen molar-refractivity contribution in [1.29, 1.82) is 5.26 Å². The fraction of sp³-hybridized carbons (Fsp3) is 0.500. The minimum atomic E-state index is -1.01. The van der Waals surface area contributed by atoms with Crippen molar-refractivity contribution in [3.05, 3.63) is 23.5 Å². The molecule has 2 atom stereocenters. The number of hydrogen-bond acceptors (Lipinski definition) is 4. The number of aliphatic carboxylic acids is 1. The maximum absolute atomic E-state index is 11.7. The lowest BCUT2D eigenvalue weighted by atomic mass is 9.87. The Labute approximate surface area is 140 Å². The molecule has 1 heterocycles. The molecule has 1 fully saturated rings. The minimum Gasteiger partial charge on any atom is -0.494 e. The van der Waals surface area contributed by atoms with Gasteiger partial charge in [0.15, 0.2) is 0 Å². The van der Waals surface area contributed by atoms with Crippen molar-refractivity contribution in [2.75, 3.05) is 7.11 Å². The molecule has 6 nitrogen and oxygen atoms in total. The summed E-state index contributed by atoms with van der Waals surface area (Å²) in [6.45, 7) is 1.63. The Bertz CT molecular complexity index is 800. The number of aromatic amines is 1. The van der Waals surface area contributed by atoms with Gasteiger partial charge < -0.3 is 14.8 Å². The lowest BCUT2D eigenvalue weighted by molar-refractivity contribution is -0.139. The van der Waals surface area contributed by atoms with Gasteiger partial charge >= 0.3 is 5.97 Å². The predicted molar refractivity (Wildman–Crippen MR) is 89.0 cm³/mol. The number of methoxy groups -OCH3 is 1. The Hall–Kier alpha value is -2.55. The number of nitriles is 1. The average molecular weight is 327 g/mol. The van der Waals surface area contributed by atoms with Gasteiger partial charge in [-0.2, -0.15) is 5.26 Å². The molecule has 0 spiro atoms. The van der Waals surface area contributed by atoms with Crippen LogP contribution in [0.2, 0.25) is 0 Å². The van der Waals surface area contributed by atoms with E-state index in [-0.39, 0.29) is 0 Å². The van der Waals surface area contributed by atoms with E-state index < -0.39 is 17.8 Å². The Balaban J connectivity index is 2.17. The Kier molecular flexibility index (Phi) is 4.43. The zero-order valence-electron chi connectivity index (χ0n) is 13.9. The summed E-state index contributed by atoms with van der Waals surface area (Å²) in [6.07, 6.45) is 4.56. The summed E-state index contributed by atoms with van der Waals surface area (Å²) in [7, 11) is 1.57. The summed E-state index contributed by atoms with van der Waals surface area (Å²) < 4.78 is 5.39. The first kappa shape index (κ1) is 16.3. The molecule has 1 aromatic heterocycles. The molecule has 2 unspecified atom stereocenters. The van der Waals surface area contributed by atoms with E-state index in [9.17, 15) is 15.2 Å². The highest BCUT2D eigenvalue weighted by atomic mass is 16.5. The fourth-order valence-corrected chi connectivity index (χ4v) is 3.61. The number of benzene rings is 1. The third kappa shape index (κ3) is 2.71. The molecule has 2 aromatic rings. The molecule has 0 bridgehead atoms. The summed E-state index contributed by atoms with van der Waals surface area (Å²) in [5, 5.41) is 18.8. The van der Waals surface area contributed by atoms with Gasteiger partial charge in [-0.15, -0.1) is 0 Å². The van der Waals surface area contributed by atoms with Gasteiger partial charge in [0.2, 0.25) is 0 Å². The molecule has 1 aliphatic carbocycles. The highest BCUT2D eigenvalue weighted by Crippen LogP contribution is 2.38. The maximum atomic E-state index is 11.7. The van der Waals surface area contributed by atoms with Crippen LogP contribution in [0.4, 0.5) is 0 Å². The summed E-state index contributed by atoms with van der Waals surface area (Å²) in [5.74, 6) is -0.665. The normalized spacial score (nSPS) is 17.5. The molecular formula is C18H21N3O3. The van der Waals surface area contributed by atoms with Gasteiger partial charge in [-0.3, -0.25) is 4.79 Å². The van der Waals surface area contributed by atoms with Gasteiger partial charge in [-0.25, -0.2) is 4.98 Å². The van der Waals surface area contributed by atoms with Crippen molar-refractivity contribution in [3.8, 4) is 11.8 Å². The number of nitrogens with zero attached hydrogens (tertiary/aromatic N) is 2. The van der Waals surface area contributed by atoms with Crippen molar-refractivity contribution in [1.82, 2.24) is 9.97 Å². The number of imidazole rings is 1. The molecular weight excluding hydrogens is 306 g/mol. The molecule has 3 rings (SSSR count). The highest BCUT2D eigenvalue weighted by molar-refractivity contribution is 5.90. The van der Waals surface area contributed by atoms with Crippen molar-refractivity contribution < 1.29 is 14.6 Å². The van der Waals surface area contributed by atoms with E-state index in [0.29, 0.717) is 28.3 Å². The maximum Gasteiger partial charge on any atom is 0.312 e. The van der Waals surface area contributed by atoms with Crippen LogP contribution in [-0.2, 0) is 4.79 Å². The molecule has 126 valence electrons. The van der Waals surface area contributed by atoms with Crippen LogP contribution in [-0.4, -0.2) is 28.2 Å². The number of aromatic nitrogens is 2. The second-order valence-corrected chi connectivity index (χ2v) is 6.42. The van der Waals surface area contributed by atoms with Crippen molar-refractivity contribution in [2.24, 2.45) is 5.92 Å². The first-order chi connectivity index (χ1) is 11.6. The van der Waals surface area contributed by atoms with Crippen LogP contribution in [0.15, 0.2) is 12.1 Å². The number of carbonyl (C=O) groups is 1. The van der Waals surface area contributed by atoms with E-state index in [1.54, 1.807) is 26.2 Å². The molecule has 6 heteroatoms. The van der Waals surface area contributed by atoms with Gasteiger partial charge in [-0.1, -0.05) is 18.9 Å². The molecule has 2 N–H and O–H groups in total. The van der Waals surface area contributed by atoms with Gasteiger partial charge in [0.25, 0.3) is 0 Å². The molecule has 24 heavy (non-hydrogen) atoms. The standard InChI is InChI=1S/C18H21N3O3/c1-10(9-19)14(18(22)23)12-7-8-13(24-2)16-15(12)20-17(21-16)11-5-3-4-6-11/h7-8,10-11,14H,3-6H2,1-2H3,(H,20,21)(H,22,23). The van der Waals surface area contributed by atoms with Gasteiger partial charge in [0.05, 0.1) is 30.5 Å². The van der Waals surface area contributed by atoms with E-state index in [0.717, 1.165) is 18.7 Å². The van der Waals surface area contributed by atoms with Crippen LogP contribution in [0.25, 0.3) is 11.0 Å². The Morgan fingerprint density at radius 3 is 2.75 bits per heavy atom.